The van der Waals surface area contributed by atoms with Crippen molar-refractivity contribution in [3.05, 3.63) is 62.1 Å². The number of anilines is 1. The van der Waals surface area contributed by atoms with E-state index in [1.165, 1.54) is 24.8 Å². The molecule has 2 rings (SSSR count). The van der Waals surface area contributed by atoms with Crippen LogP contribution in [-0.2, 0) is 6.54 Å². The predicted molar refractivity (Wildman–Crippen MR) is 85.9 cm³/mol. The molecule has 0 aromatic heterocycles. The van der Waals surface area contributed by atoms with Gasteiger partial charge >= 0.3 is 0 Å². The van der Waals surface area contributed by atoms with Crippen molar-refractivity contribution >= 4 is 27.3 Å². The van der Waals surface area contributed by atoms with Gasteiger partial charge in [0.25, 0.3) is 5.69 Å². The number of non-ortho nitro benzene ring substituents is 1. The van der Waals surface area contributed by atoms with Crippen molar-refractivity contribution < 1.29 is 9.66 Å². The van der Waals surface area contributed by atoms with Gasteiger partial charge in [-0.25, -0.2) is 0 Å². The Labute approximate surface area is 131 Å². The number of nitro benzene ring substituents is 1. The number of benzene rings is 2. The normalized spacial score (nSPS) is 10.2. The van der Waals surface area contributed by atoms with E-state index in [-0.39, 0.29) is 5.69 Å². The summed E-state index contributed by atoms with van der Waals surface area (Å²) < 4.78 is 6.22. The number of hydrogen-bond donors (Lipinski definition) is 1. The molecule has 0 atom stereocenters. The topological polar surface area (TPSA) is 64.4 Å². The highest BCUT2D eigenvalue weighted by atomic mass is 79.9. The first-order valence-corrected chi connectivity index (χ1v) is 7.12. The molecule has 0 saturated heterocycles. The Balaban J connectivity index is 2.17. The van der Waals surface area contributed by atoms with Crippen molar-refractivity contribution in [2.24, 2.45) is 0 Å². The number of rotatable bonds is 5. The summed E-state index contributed by atoms with van der Waals surface area (Å²) in [5, 5.41) is 14.0. The van der Waals surface area contributed by atoms with Crippen LogP contribution in [0.5, 0.6) is 5.75 Å². The van der Waals surface area contributed by atoms with Gasteiger partial charge in [0, 0.05) is 17.1 Å². The number of nitrogens with one attached hydrogen (secondary N) is 1. The molecular formula is C15H15BrN2O3. The van der Waals surface area contributed by atoms with Crippen molar-refractivity contribution in [1.29, 1.82) is 0 Å². The highest BCUT2D eigenvalue weighted by Crippen LogP contribution is 2.30. The largest absolute Gasteiger partial charge is 0.494 e. The highest BCUT2D eigenvalue weighted by Gasteiger charge is 2.11. The number of hydrogen-bond acceptors (Lipinski definition) is 4. The molecule has 0 amide bonds. The van der Waals surface area contributed by atoms with Gasteiger partial charge in [-0.3, -0.25) is 10.1 Å². The maximum atomic E-state index is 10.8. The fourth-order valence-corrected chi connectivity index (χ4v) is 2.56. The van der Waals surface area contributed by atoms with Crippen LogP contribution in [0, 0.1) is 17.0 Å². The van der Waals surface area contributed by atoms with Crippen LogP contribution in [-0.4, -0.2) is 12.0 Å². The molecule has 1 N–H and O–H groups in total. The second kappa shape index (κ2) is 6.58. The zero-order chi connectivity index (χ0) is 15.4. The van der Waals surface area contributed by atoms with E-state index in [0.717, 1.165) is 15.7 Å². The van der Waals surface area contributed by atoms with Crippen LogP contribution in [0.25, 0.3) is 0 Å². The molecule has 0 spiro atoms. The van der Waals surface area contributed by atoms with E-state index in [0.29, 0.717) is 12.3 Å². The van der Waals surface area contributed by atoms with Gasteiger partial charge in [0.1, 0.15) is 5.75 Å². The van der Waals surface area contributed by atoms with Crippen LogP contribution < -0.4 is 10.1 Å². The fraction of sp³-hybridized carbons (Fsp3) is 0.200. The van der Waals surface area contributed by atoms with E-state index in [9.17, 15) is 10.1 Å². The van der Waals surface area contributed by atoms with Gasteiger partial charge in [-0.2, -0.15) is 0 Å². The monoisotopic (exact) mass is 350 g/mol. The van der Waals surface area contributed by atoms with Gasteiger partial charge in [0.2, 0.25) is 0 Å². The van der Waals surface area contributed by atoms with Crippen molar-refractivity contribution in [3.8, 4) is 5.75 Å². The predicted octanol–water partition coefficient (Wildman–Crippen LogP) is 4.29. The van der Waals surface area contributed by atoms with Crippen LogP contribution >= 0.6 is 15.9 Å². The molecule has 110 valence electrons. The minimum Gasteiger partial charge on any atom is -0.494 e. The quantitative estimate of drug-likeness (QED) is 0.645. The second-order valence-electron chi connectivity index (χ2n) is 4.59. The molecule has 0 bridgehead atoms. The van der Waals surface area contributed by atoms with E-state index in [4.69, 9.17) is 4.74 Å². The molecule has 0 aliphatic heterocycles. The molecule has 0 saturated carbocycles. The summed E-state index contributed by atoms with van der Waals surface area (Å²) in [6, 6.07) is 10.6. The van der Waals surface area contributed by atoms with Crippen molar-refractivity contribution in [2.45, 2.75) is 13.5 Å². The third kappa shape index (κ3) is 3.72. The molecule has 2 aromatic carbocycles. The Hall–Kier alpha value is -2.08. The SMILES string of the molecule is COc1cc([N+](=O)[O-])ccc1NCc1ccc(C)cc1Br. The molecule has 0 aliphatic carbocycles. The van der Waals surface area contributed by atoms with Crippen molar-refractivity contribution in [3.63, 3.8) is 0 Å². The first kappa shape index (κ1) is 15.3. The summed E-state index contributed by atoms with van der Waals surface area (Å²) in [7, 11) is 1.49. The molecule has 2 aromatic rings. The summed E-state index contributed by atoms with van der Waals surface area (Å²) in [5.74, 6) is 0.451. The van der Waals surface area contributed by atoms with Gasteiger partial charge in [0.15, 0.2) is 0 Å². The van der Waals surface area contributed by atoms with Gasteiger partial charge in [-0.05, 0) is 30.2 Å². The summed E-state index contributed by atoms with van der Waals surface area (Å²) in [6.07, 6.45) is 0. The standard InChI is InChI=1S/C15H15BrN2O3/c1-10-3-4-11(13(16)7-10)9-17-14-6-5-12(18(19)20)8-15(14)21-2/h3-8,17H,9H2,1-2H3. The lowest BCUT2D eigenvalue weighted by molar-refractivity contribution is -0.384. The number of halogens is 1. The minimum absolute atomic E-state index is 0.00826. The Morgan fingerprint density at radius 3 is 2.67 bits per heavy atom. The van der Waals surface area contributed by atoms with E-state index in [1.807, 2.05) is 25.1 Å². The average molecular weight is 351 g/mol. The molecule has 0 aliphatic rings. The number of methoxy groups -OCH3 is 1. The Morgan fingerprint density at radius 2 is 2.05 bits per heavy atom. The van der Waals surface area contributed by atoms with Crippen LogP contribution in [0.1, 0.15) is 11.1 Å². The molecular weight excluding hydrogens is 336 g/mol. The van der Waals surface area contributed by atoms with E-state index < -0.39 is 4.92 Å². The molecule has 5 nitrogen and oxygen atoms in total. The molecule has 0 radical (unpaired) electrons. The number of ether oxygens (including phenoxy) is 1. The fourth-order valence-electron chi connectivity index (χ4n) is 1.93. The Bertz CT molecular complexity index is 674. The lowest BCUT2D eigenvalue weighted by atomic mass is 10.1. The first-order chi connectivity index (χ1) is 10.0. The van der Waals surface area contributed by atoms with Crippen LogP contribution in [0.4, 0.5) is 11.4 Å². The summed E-state index contributed by atoms with van der Waals surface area (Å²) in [4.78, 5) is 10.3. The molecule has 0 heterocycles. The first-order valence-electron chi connectivity index (χ1n) is 6.32. The number of nitrogens with zero attached hydrogens (tertiary/aromatic N) is 1. The molecule has 21 heavy (non-hydrogen) atoms. The van der Waals surface area contributed by atoms with Gasteiger partial charge in [-0.15, -0.1) is 0 Å². The highest BCUT2D eigenvalue weighted by molar-refractivity contribution is 9.10. The third-order valence-corrected chi connectivity index (χ3v) is 3.81. The van der Waals surface area contributed by atoms with Crippen LogP contribution in [0.3, 0.4) is 0 Å². The average Bonchev–Trinajstić information content (AvgIpc) is 2.46. The number of aryl methyl sites for hydroxylation is 1. The summed E-state index contributed by atoms with van der Waals surface area (Å²) >= 11 is 3.53. The van der Waals surface area contributed by atoms with E-state index in [2.05, 4.69) is 21.2 Å². The van der Waals surface area contributed by atoms with Gasteiger partial charge in [0.05, 0.1) is 23.8 Å². The molecule has 0 fully saturated rings. The summed E-state index contributed by atoms with van der Waals surface area (Å²) in [6.45, 7) is 2.62. The second-order valence-corrected chi connectivity index (χ2v) is 5.44. The molecule has 0 unspecified atom stereocenters. The van der Waals surface area contributed by atoms with Gasteiger partial charge in [-0.1, -0.05) is 28.1 Å². The third-order valence-electron chi connectivity index (χ3n) is 3.07. The van der Waals surface area contributed by atoms with Crippen LogP contribution in [0.2, 0.25) is 0 Å². The zero-order valence-electron chi connectivity index (χ0n) is 11.7. The minimum atomic E-state index is -0.442. The maximum Gasteiger partial charge on any atom is 0.273 e. The number of nitro groups is 1. The Kier molecular flexibility index (Phi) is 4.80. The van der Waals surface area contributed by atoms with E-state index >= 15 is 0 Å². The smallest absolute Gasteiger partial charge is 0.273 e. The van der Waals surface area contributed by atoms with Crippen LogP contribution in [0.15, 0.2) is 40.9 Å². The zero-order valence-corrected chi connectivity index (χ0v) is 13.3. The van der Waals surface area contributed by atoms with Gasteiger partial charge < -0.3 is 10.1 Å². The van der Waals surface area contributed by atoms with Crippen molar-refractivity contribution in [1.82, 2.24) is 0 Å². The van der Waals surface area contributed by atoms with E-state index in [1.54, 1.807) is 6.07 Å². The maximum absolute atomic E-state index is 10.8. The van der Waals surface area contributed by atoms with Crippen molar-refractivity contribution in [2.75, 3.05) is 12.4 Å². The Morgan fingerprint density at radius 1 is 1.29 bits per heavy atom. The summed E-state index contributed by atoms with van der Waals surface area (Å²) in [5.41, 5.74) is 3.00. The molecule has 6 heteroatoms. The lowest BCUT2D eigenvalue weighted by Crippen LogP contribution is -2.02. The lowest BCUT2D eigenvalue weighted by Gasteiger charge is -2.12.